The Hall–Kier alpha value is 0.150. The lowest BCUT2D eigenvalue weighted by Gasteiger charge is -2.26. The van der Waals surface area contributed by atoms with Gasteiger partial charge >= 0.3 is 0 Å². The van der Waals surface area contributed by atoms with Crippen molar-refractivity contribution in [2.24, 2.45) is 15.8 Å². The molecule has 0 aromatic heterocycles. The lowest BCUT2D eigenvalue weighted by molar-refractivity contribution is 0.423. The molecule has 0 radical (unpaired) electrons. The van der Waals surface area contributed by atoms with Crippen LogP contribution in [0.2, 0.25) is 0 Å². The topological polar surface area (TPSA) is 12.4 Å². The molecule has 1 atom stereocenters. The summed E-state index contributed by atoms with van der Waals surface area (Å²) in [4.78, 5) is 5.00. The molecule has 0 saturated heterocycles. The van der Waals surface area contributed by atoms with Gasteiger partial charge in [0.1, 0.15) is 0 Å². The number of halogens is 1. The van der Waals surface area contributed by atoms with Gasteiger partial charge in [-0.15, -0.1) is 0 Å². The second kappa shape index (κ2) is 4.78. The Bertz CT molecular complexity index is 205. The van der Waals surface area contributed by atoms with Crippen molar-refractivity contribution in [3.05, 3.63) is 0 Å². The third-order valence-corrected chi connectivity index (χ3v) is 3.97. The molecule has 0 heterocycles. The van der Waals surface area contributed by atoms with Gasteiger partial charge in [0.2, 0.25) is 0 Å². The van der Waals surface area contributed by atoms with Crippen LogP contribution in [-0.2, 0) is 0 Å². The quantitative estimate of drug-likeness (QED) is 0.519. The van der Waals surface area contributed by atoms with Crippen LogP contribution in [0.1, 0.15) is 48.5 Å². The first-order chi connectivity index (χ1) is 6.04. The van der Waals surface area contributed by atoms with Crippen molar-refractivity contribution < 1.29 is 0 Å². The molecule has 0 amide bonds. The number of hydrogen-bond acceptors (Lipinski definition) is 1. The van der Waals surface area contributed by atoms with Crippen molar-refractivity contribution in [1.82, 2.24) is 0 Å². The van der Waals surface area contributed by atoms with Gasteiger partial charge in [0.15, 0.2) is 0 Å². The summed E-state index contributed by atoms with van der Waals surface area (Å²) in [6.07, 6.45) is 0. The average Bonchev–Trinajstić information content (AvgIpc) is 1.95. The molecule has 14 heavy (non-hydrogen) atoms. The van der Waals surface area contributed by atoms with Gasteiger partial charge in [-0.2, -0.15) is 0 Å². The van der Waals surface area contributed by atoms with Crippen LogP contribution in [0.25, 0.3) is 0 Å². The van der Waals surface area contributed by atoms with Crippen LogP contribution in [0.15, 0.2) is 4.99 Å². The van der Waals surface area contributed by atoms with Crippen molar-refractivity contribution in [2.75, 3.05) is 6.54 Å². The minimum Gasteiger partial charge on any atom is -0.293 e. The Kier molecular flexibility index (Phi) is 4.83. The third kappa shape index (κ3) is 5.79. The predicted molar refractivity (Wildman–Crippen MR) is 69.6 cm³/mol. The molecule has 0 aromatic carbocycles. The Labute approximate surface area is 97.5 Å². The lowest BCUT2D eigenvalue weighted by atomic mass is 9.89. The SMILES string of the molecule is CC(=NCC(C)(C)C)C(Br)C(C)(C)C. The van der Waals surface area contributed by atoms with Gasteiger partial charge < -0.3 is 0 Å². The molecule has 0 spiro atoms. The van der Waals surface area contributed by atoms with Gasteiger partial charge in [-0.3, -0.25) is 4.99 Å². The van der Waals surface area contributed by atoms with Crippen LogP contribution >= 0.6 is 15.9 Å². The average molecular weight is 262 g/mol. The van der Waals surface area contributed by atoms with Gasteiger partial charge in [0, 0.05) is 12.3 Å². The molecule has 0 aliphatic rings. The highest BCUT2D eigenvalue weighted by molar-refractivity contribution is 9.10. The minimum absolute atomic E-state index is 0.242. The first kappa shape index (κ1) is 14.2. The normalized spacial score (nSPS) is 17.0. The van der Waals surface area contributed by atoms with E-state index in [1.54, 1.807) is 0 Å². The number of alkyl halides is 1. The van der Waals surface area contributed by atoms with Gasteiger partial charge in [0.25, 0.3) is 0 Å². The molecule has 84 valence electrons. The van der Waals surface area contributed by atoms with E-state index in [1.165, 1.54) is 5.71 Å². The smallest absolute Gasteiger partial charge is 0.0569 e. The summed E-state index contributed by atoms with van der Waals surface area (Å²) in [7, 11) is 0. The number of rotatable bonds is 2. The first-order valence-corrected chi connectivity index (χ1v) is 6.10. The summed E-state index contributed by atoms with van der Waals surface area (Å²) in [5.74, 6) is 0. The lowest BCUT2D eigenvalue weighted by Crippen LogP contribution is -2.28. The van der Waals surface area contributed by atoms with E-state index < -0.39 is 0 Å². The molecule has 0 saturated carbocycles. The molecule has 2 heteroatoms. The standard InChI is InChI=1S/C12H24BrN/c1-9(10(13)12(5,6)7)14-8-11(2,3)4/h10H,8H2,1-7H3. The van der Waals surface area contributed by atoms with Gasteiger partial charge in [-0.05, 0) is 17.8 Å². The van der Waals surface area contributed by atoms with Crippen molar-refractivity contribution >= 4 is 21.6 Å². The molecule has 1 nitrogen and oxygen atoms in total. The Morgan fingerprint density at radius 2 is 1.57 bits per heavy atom. The highest BCUT2D eigenvalue weighted by atomic mass is 79.9. The maximum absolute atomic E-state index is 4.63. The van der Waals surface area contributed by atoms with Crippen LogP contribution < -0.4 is 0 Å². The minimum atomic E-state index is 0.242. The maximum Gasteiger partial charge on any atom is 0.0569 e. The molecular weight excluding hydrogens is 238 g/mol. The molecule has 0 N–H and O–H groups in total. The fourth-order valence-corrected chi connectivity index (χ4v) is 1.21. The predicted octanol–water partition coefficient (Wildman–Crippen LogP) is 4.30. The highest BCUT2D eigenvalue weighted by Crippen LogP contribution is 2.27. The van der Waals surface area contributed by atoms with Crippen molar-refractivity contribution in [3.8, 4) is 0 Å². The molecule has 0 bridgehead atoms. The Balaban J connectivity index is 4.40. The van der Waals surface area contributed by atoms with Crippen LogP contribution in [0.3, 0.4) is 0 Å². The van der Waals surface area contributed by atoms with E-state index in [1.807, 2.05) is 0 Å². The molecule has 0 aliphatic carbocycles. The summed E-state index contributed by atoms with van der Waals surface area (Å²) < 4.78 is 0. The van der Waals surface area contributed by atoms with Gasteiger partial charge in [-0.25, -0.2) is 0 Å². The zero-order valence-corrected chi connectivity index (χ0v) is 12.2. The second-order valence-corrected chi connectivity index (χ2v) is 7.16. The van der Waals surface area contributed by atoms with Crippen molar-refractivity contribution in [2.45, 2.75) is 53.3 Å². The Morgan fingerprint density at radius 1 is 1.14 bits per heavy atom. The van der Waals surface area contributed by atoms with Crippen LogP contribution in [-0.4, -0.2) is 17.1 Å². The van der Waals surface area contributed by atoms with Gasteiger partial charge in [0.05, 0.1) is 4.83 Å². The summed E-state index contributed by atoms with van der Waals surface area (Å²) in [6.45, 7) is 16.3. The fraction of sp³-hybridized carbons (Fsp3) is 0.917. The van der Waals surface area contributed by atoms with Gasteiger partial charge in [-0.1, -0.05) is 57.5 Å². The number of hydrogen-bond donors (Lipinski definition) is 0. The van der Waals surface area contributed by atoms with Crippen LogP contribution in [0.4, 0.5) is 0 Å². The maximum atomic E-state index is 4.63. The van der Waals surface area contributed by atoms with E-state index in [4.69, 9.17) is 0 Å². The highest BCUT2D eigenvalue weighted by Gasteiger charge is 2.24. The third-order valence-electron chi connectivity index (χ3n) is 1.93. The second-order valence-electron chi connectivity index (χ2n) is 6.25. The zero-order chi connectivity index (χ0) is 11.6. The summed E-state index contributed by atoms with van der Waals surface area (Å²) in [6, 6.07) is 0. The van der Waals surface area contributed by atoms with Crippen LogP contribution in [0, 0.1) is 10.8 Å². The van der Waals surface area contributed by atoms with E-state index in [0.29, 0.717) is 4.83 Å². The van der Waals surface area contributed by atoms with E-state index in [0.717, 1.165) is 6.54 Å². The number of aliphatic imine (C=N–C) groups is 1. The van der Waals surface area contributed by atoms with E-state index >= 15 is 0 Å². The van der Waals surface area contributed by atoms with E-state index in [2.05, 4.69) is 69.4 Å². The van der Waals surface area contributed by atoms with E-state index in [-0.39, 0.29) is 10.8 Å². The molecule has 0 rings (SSSR count). The number of nitrogens with zero attached hydrogens (tertiary/aromatic N) is 1. The van der Waals surface area contributed by atoms with Crippen molar-refractivity contribution in [1.29, 1.82) is 0 Å². The largest absolute Gasteiger partial charge is 0.293 e. The summed E-state index contributed by atoms with van der Waals surface area (Å²) >= 11 is 3.70. The molecular formula is C12H24BrN. The Morgan fingerprint density at radius 3 is 1.86 bits per heavy atom. The molecule has 1 unspecified atom stereocenters. The summed E-state index contributed by atoms with van der Waals surface area (Å²) in [5, 5.41) is 0. The molecule has 0 aromatic rings. The summed E-state index contributed by atoms with van der Waals surface area (Å²) in [5.41, 5.74) is 1.73. The molecule has 0 fully saturated rings. The van der Waals surface area contributed by atoms with Crippen LogP contribution in [0.5, 0.6) is 0 Å². The zero-order valence-electron chi connectivity index (χ0n) is 10.6. The first-order valence-electron chi connectivity index (χ1n) is 5.19. The molecule has 0 aliphatic heterocycles. The monoisotopic (exact) mass is 261 g/mol. The fourth-order valence-electron chi connectivity index (χ4n) is 1.07. The van der Waals surface area contributed by atoms with Crippen molar-refractivity contribution in [3.63, 3.8) is 0 Å². The van der Waals surface area contributed by atoms with E-state index in [9.17, 15) is 0 Å².